The smallest absolute Gasteiger partial charge is 0.0888 e. The van der Waals surface area contributed by atoms with Crippen LogP contribution in [0.1, 0.15) is 5.69 Å². The first kappa shape index (κ1) is 11.0. The maximum absolute atomic E-state index is 5.48. The molecule has 1 aromatic carbocycles. The maximum atomic E-state index is 5.48. The molecule has 0 radical (unpaired) electrons. The molecule has 2 rings (SSSR count). The van der Waals surface area contributed by atoms with Crippen molar-refractivity contribution in [1.29, 1.82) is 0 Å². The highest BCUT2D eigenvalue weighted by atomic mass is 16.5. The Morgan fingerprint density at radius 2 is 2.06 bits per heavy atom. The normalized spacial score (nSPS) is 10.8. The number of pyridine rings is 1. The van der Waals surface area contributed by atoms with Gasteiger partial charge in [-0.3, -0.25) is 4.98 Å². The van der Waals surface area contributed by atoms with E-state index in [2.05, 4.69) is 22.4 Å². The summed E-state index contributed by atoms with van der Waals surface area (Å²) >= 11 is 0. The molecule has 1 heterocycles. The van der Waals surface area contributed by atoms with Crippen LogP contribution in [0.3, 0.4) is 0 Å². The third-order valence-electron chi connectivity index (χ3n) is 2.40. The van der Waals surface area contributed by atoms with Crippen LogP contribution >= 0.6 is 0 Å². The average molecular weight is 216 g/mol. The van der Waals surface area contributed by atoms with Gasteiger partial charge in [-0.2, -0.15) is 0 Å². The number of rotatable bonds is 5. The van der Waals surface area contributed by atoms with Crippen molar-refractivity contribution in [3.05, 3.63) is 42.1 Å². The van der Waals surface area contributed by atoms with Crippen molar-refractivity contribution >= 4 is 10.9 Å². The Bertz CT molecular complexity index is 456. The van der Waals surface area contributed by atoms with Crippen LogP contribution in [0.25, 0.3) is 10.9 Å². The largest absolute Gasteiger partial charge is 0.374 e. The number of nitrogens with zero attached hydrogens (tertiary/aromatic N) is 1. The molecule has 0 aliphatic carbocycles. The molecule has 84 valence electrons. The van der Waals surface area contributed by atoms with E-state index in [-0.39, 0.29) is 0 Å². The Kier molecular flexibility index (Phi) is 3.86. The Morgan fingerprint density at radius 1 is 1.19 bits per heavy atom. The zero-order valence-electron chi connectivity index (χ0n) is 9.44. The molecule has 1 N–H and O–H groups in total. The molecule has 0 saturated heterocycles. The Balaban J connectivity index is 2.02. The molecule has 0 unspecified atom stereocenters. The fraction of sp³-hybridized carbons (Fsp3) is 0.308. The van der Waals surface area contributed by atoms with E-state index >= 15 is 0 Å². The topological polar surface area (TPSA) is 34.1 Å². The van der Waals surface area contributed by atoms with Crippen LogP contribution < -0.4 is 5.32 Å². The van der Waals surface area contributed by atoms with Crippen LogP contribution in [0.4, 0.5) is 0 Å². The van der Waals surface area contributed by atoms with Crippen LogP contribution in [-0.4, -0.2) is 25.2 Å². The number of hydrogen-bond donors (Lipinski definition) is 1. The lowest BCUT2D eigenvalue weighted by atomic mass is 10.2. The Hall–Kier alpha value is -1.45. The van der Waals surface area contributed by atoms with E-state index in [0.717, 1.165) is 17.8 Å². The second-order valence-electron chi connectivity index (χ2n) is 3.65. The lowest BCUT2D eigenvalue weighted by Crippen LogP contribution is -2.14. The molecule has 0 aliphatic rings. The lowest BCUT2D eigenvalue weighted by Gasteiger charge is -2.04. The minimum atomic E-state index is 0.576. The van der Waals surface area contributed by atoms with Gasteiger partial charge in [0.2, 0.25) is 0 Å². The minimum Gasteiger partial charge on any atom is -0.374 e. The summed E-state index contributed by atoms with van der Waals surface area (Å²) in [6.07, 6.45) is 0. The van der Waals surface area contributed by atoms with E-state index in [9.17, 15) is 0 Å². The highest BCUT2D eigenvalue weighted by Crippen LogP contribution is 2.11. The first-order chi connectivity index (χ1) is 7.90. The van der Waals surface area contributed by atoms with Gasteiger partial charge in [0.25, 0.3) is 0 Å². The molecule has 1 aromatic heterocycles. The fourth-order valence-corrected chi connectivity index (χ4v) is 1.54. The summed E-state index contributed by atoms with van der Waals surface area (Å²) in [7, 11) is 1.91. The first-order valence-electron chi connectivity index (χ1n) is 5.47. The average Bonchev–Trinajstić information content (AvgIpc) is 2.34. The van der Waals surface area contributed by atoms with Gasteiger partial charge in [0, 0.05) is 11.9 Å². The molecule has 0 spiro atoms. The molecule has 0 bridgehead atoms. The van der Waals surface area contributed by atoms with Gasteiger partial charge in [0.1, 0.15) is 0 Å². The van der Waals surface area contributed by atoms with E-state index in [1.807, 2.05) is 31.3 Å². The maximum Gasteiger partial charge on any atom is 0.0888 e. The van der Waals surface area contributed by atoms with E-state index in [1.54, 1.807) is 0 Å². The van der Waals surface area contributed by atoms with Gasteiger partial charge in [0.05, 0.1) is 24.4 Å². The van der Waals surface area contributed by atoms with Crippen molar-refractivity contribution in [2.75, 3.05) is 20.2 Å². The second kappa shape index (κ2) is 5.58. The number of ether oxygens (including phenoxy) is 1. The van der Waals surface area contributed by atoms with Gasteiger partial charge in [-0.25, -0.2) is 0 Å². The van der Waals surface area contributed by atoms with Crippen LogP contribution in [0.2, 0.25) is 0 Å². The molecular weight excluding hydrogens is 200 g/mol. The molecule has 0 amide bonds. The Morgan fingerprint density at radius 3 is 2.94 bits per heavy atom. The number of fused-ring (bicyclic) bond motifs is 1. The number of benzene rings is 1. The predicted molar refractivity (Wildman–Crippen MR) is 65.3 cm³/mol. The molecule has 3 heteroatoms. The van der Waals surface area contributed by atoms with Gasteiger partial charge >= 0.3 is 0 Å². The van der Waals surface area contributed by atoms with Gasteiger partial charge in [-0.1, -0.05) is 24.3 Å². The molecule has 2 aromatic rings. The van der Waals surface area contributed by atoms with Crippen molar-refractivity contribution in [3.63, 3.8) is 0 Å². The van der Waals surface area contributed by atoms with Crippen LogP contribution in [0.5, 0.6) is 0 Å². The predicted octanol–water partition coefficient (Wildman–Crippen LogP) is 1.97. The molecule has 16 heavy (non-hydrogen) atoms. The molecular formula is C13H16N2O. The van der Waals surface area contributed by atoms with E-state index in [0.29, 0.717) is 13.2 Å². The molecule has 0 fully saturated rings. The van der Waals surface area contributed by atoms with Crippen molar-refractivity contribution in [3.8, 4) is 0 Å². The van der Waals surface area contributed by atoms with E-state index in [1.165, 1.54) is 5.39 Å². The summed E-state index contributed by atoms with van der Waals surface area (Å²) in [5, 5.41) is 4.21. The van der Waals surface area contributed by atoms with Crippen LogP contribution in [0, 0.1) is 0 Å². The third-order valence-corrected chi connectivity index (χ3v) is 2.40. The van der Waals surface area contributed by atoms with Crippen LogP contribution in [-0.2, 0) is 11.3 Å². The van der Waals surface area contributed by atoms with Crippen molar-refractivity contribution in [2.45, 2.75) is 6.61 Å². The SMILES string of the molecule is CNCCOCc1ccc2ccccc2n1. The molecule has 3 nitrogen and oxygen atoms in total. The molecule has 0 atom stereocenters. The molecule has 0 aliphatic heterocycles. The highest BCUT2D eigenvalue weighted by molar-refractivity contribution is 5.78. The summed E-state index contributed by atoms with van der Waals surface area (Å²) in [5.41, 5.74) is 2.01. The summed E-state index contributed by atoms with van der Waals surface area (Å²) in [5.74, 6) is 0. The van der Waals surface area contributed by atoms with Crippen LogP contribution in [0.15, 0.2) is 36.4 Å². The fourth-order valence-electron chi connectivity index (χ4n) is 1.54. The summed E-state index contributed by atoms with van der Waals surface area (Å²) < 4.78 is 5.48. The monoisotopic (exact) mass is 216 g/mol. The quantitative estimate of drug-likeness (QED) is 0.776. The van der Waals surface area contributed by atoms with Gasteiger partial charge in [-0.05, 0) is 19.2 Å². The van der Waals surface area contributed by atoms with Gasteiger partial charge < -0.3 is 10.1 Å². The van der Waals surface area contributed by atoms with Crippen molar-refractivity contribution in [1.82, 2.24) is 10.3 Å². The summed E-state index contributed by atoms with van der Waals surface area (Å²) in [4.78, 5) is 4.53. The lowest BCUT2D eigenvalue weighted by molar-refractivity contribution is 0.121. The summed E-state index contributed by atoms with van der Waals surface area (Å²) in [6.45, 7) is 2.16. The van der Waals surface area contributed by atoms with Crippen molar-refractivity contribution in [2.24, 2.45) is 0 Å². The number of likely N-dealkylation sites (N-methyl/N-ethyl adjacent to an activating group) is 1. The minimum absolute atomic E-state index is 0.576. The third kappa shape index (κ3) is 2.78. The summed E-state index contributed by atoms with van der Waals surface area (Å²) in [6, 6.07) is 12.2. The number of nitrogens with one attached hydrogen (secondary N) is 1. The van der Waals surface area contributed by atoms with E-state index < -0.39 is 0 Å². The zero-order valence-corrected chi connectivity index (χ0v) is 9.44. The van der Waals surface area contributed by atoms with Crippen molar-refractivity contribution < 1.29 is 4.74 Å². The van der Waals surface area contributed by atoms with Gasteiger partial charge in [-0.15, -0.1) is 0 Å². The first-order valence-corrected chi connectivity index (χ1v) is 5.47. The standard InChI is InChI=1S/C13H16N2O/c1-14-8-9-16-10-12-7-6-11-4-2-3-5-13(11)15-12/h2-7,14H,8-10H2,1H3. The highest BCUT2D eigenvalue weighted by Gasteiger charge is 1.97. The zero-order chi connectivity index (χ0) is 11.2. The Labute approximate surface area is 95.5 Å². The van der Waals surface area contributed by atoms with Gasteiger partial charge in [0.15, 0.2) is 0 Å². The second-order valence-corrected chi connectivity index (χ2v) is 3.65. The molecule has 0 saturated carbocycles. The number of aromatic nitrogens is 1. The van der Waals surface area contributed by atoms with E-state index in [4.69, 9.17) is 4.74 Å². The number of hydrogen-bond acceptors (Lipinski definition) is 3. The number of para-hydroxylation sites is 1.